The summed E-state index contributed by atoms with van der Waals surface area (Å²) < 4.78 is 0. The van der Waals surface area contributed by atoms with Crippen molar-refractivity contribution in [1.29, 1.82) is 5.26 Å². The maximum absolute atomic E-state index is 8.90. The van der Waals surface area contributed by atoms with Crippen molar-refractivity contribution in [2.24, 2.45) is 11.7 Å². The van der Waals surface area contributed by atoms with Crippen molar-refractivity contribution < 1.29 is 0 Å². The van der Waals surface area contributed by atoms with Gasteiger partial charge in [-0.2, -0.15) is 5.26 Å². The van der Waals surface area contributed by atoms with Crippen molar-refractivity contribution in [3.05, 3.63) is 0 Å². The van der Waals surface area contributed by atoms with Crippen molar-refractivity contribution in [2.45, 2.75) is 38.1 Å². The van der Waals surface area contributed by atoms with E-state index in [0.717, 1.165) is 32.4 Å². The van der Waals surface area contributed by atoms with Crippen molar-refractivity contribution in [3.8, 4) is 6.07 Å². The number of nitriles is 1. The zero-order valence-corrected chi connectivity index (χ0v) is 8.13. The molecule has 0 aromatic carbocycles. The molecule has 13 heavy (non-hydrogen) atoms. The standard InChI is InChI=1S/C10H19N3/c11-6-3-7-13-10-5-2-1-4-9(10)8-12/h9-10,13H,1-7,11H2. The highest BCUT2D eigenvalue weighted by molar-refractivity contribution is 4.94. The van der Waals surface area contributed by atoms with Crippen molar-refractivity contribution >= 4 is 0 Å². The summed E-state index contributed by atoms with van der Waals surface area (Å²) in [5.41, 5.74) is 5.41. The molecule has 0 bridgehead atoms. The average molecular weight is 181 g/mol. The first-order valence-corrected chi connectivity index (χ1v) is 5.21. The van der Waals surface area contributed by atoms with E-state index in [4.69, 9.17) is 11.0 Å². The van der Waals surface area contributed by atoms with Crippen LogP contribution in [0.4, 0.5) is 0 Å². The van der Waals surface area contributed by atoms with Crippen LogP contribution in [0.2, 0.25) is 0 Å². The second-order valence-electron chi connectivity index (χ2n) is 3.72. The zero-order valence-electron chi connectivity index (χ0n) is 8.13. The van der Waals surface area contributed by atoms with Gasteiger partial charge in [-0.25, -0.2) is 0 Å². The van der Waals surface area contributed by atoms with Gasteiger partial charge in [0.05, 0.1) is 12.0 Å². The monoisotopic (exact) mass is 181 g/mol. The molecule has 0 radical (unpaired) electrons. The Hall–Kier alpha value is -0.590. The molecule has 74 valence electrons. The third-order valence-electron chi connectivity index (χ3n) is 2.72. The van der Waals surface area contributed by atoms with Gasteiger partial charge in [0.25, 0.3) is 0 Å². The molecule has 2 unspecified atom stereocenters. The Morgan fingerprint density at radius 2 is 2.15 bits per heavy atom. The molecule has 0 amide bonds. The largest absolute Gasteiger partial charge is 0.330 e. The van der Waals surface area contributed by atoms with Crippen LogP contribution in [-0.4, -0.2) is 19.1 Å². The predicted molar refractivity (Wildman–Crippen MR) is 53.0 cm³/mol. The lowest BCUT2D eigenvalue weighted by Gasteiger charge is -2.27. The second kappa shape index (κ2) is 5.95. The van der Waals surface area contributed by atoms with E-state index in [1.165, 1.54) is 12.8 Å². The van der Waals surface area contributed by atoms with E-state index in [1.807, 2.05) is 0 Å². The molecular formula is C10H19N3. The first-order valence-electron chi connectivity index (χ1n) is 5.21. The van der Waals surface area contributed by atoms with Gasteiger partial charge in [-0.3, -0.25) is 0 Å². The molecule has 0 aliphatic heterocycles. The quantitative estimate of drug-likeness (QED) is 0.636. The minimum absolute atomic E-state index is 0.228. The van der Waals surface area contributed by atoms with E-state index < -0.39 is 0 Å². The molecule has 0 aromatic rings. The maximum Gasteiger partial charge on any atom is 0.0672 e. The highest BCUT2D eigenvalue weighted by Crippen LogP contribution is 2.23. The summed E-state index contributed by atoms with van der Waals surface area (Å²) >= 11 is 0. The van der Waals surface area contributed by atoms with Crippen LogP contribution in [0.1, 0.15) is 32.1 Å². The average Bonchev–Trinajstić information content (AvgIpc) is 2.19. The van der Waals surface area contributed by atoms with E-state index in [-0.39, 0.29) is 5.92 Å². The fourth-order valence-corrected chi connectivity index (χ4v) is 1.92. The van der Waals surface area contributed by atoms with Gasteiger partial charge in [-0.05, 0) is 32.4 Å². The Morgan fingerprint density at radius 3 is 2.85 bits per heavy atom. The maximum atomic E-state index is 8.90. The number of nitrogens with one attached hydrogen (secondary N) is 1. The van der Waals surface area contributed by atoms with E-state index >= 15 is 0 Å². The topological polar surface area (TPSA) is 61.8 Å². The lowest BCUT2D eigenvalue weighted by Crippen LogP contribution is -2.38. The predicted octanol–water partition coefficient (Wildman–Crippen LogP) is 1.01. The second-order valence-corrected chi connectivity index (χ2v) is 3.72. The third-order valence-corrected chi connectivity index (χ3v) is 2.72. The van der Waals surface area contributed by atoms with Gasteiger partial charge in [-0.1, -0.05) is 12.8 Å². The van der Waals surface area contributed by atoms with Crippen LogP contribution in [0.15, 0.2) is 0 Å². The van der Waals surface area contributed by atoms with Gasteiger partial charge in [0.2, 0.25) is 0 Å². The normalized spacial score (nSPS) is 28.3. The van der Waals surface area contributed by atoms with Crippen molar-refractivity contribution in [1.82, 2.24) is 5.32 Å². The fraction of sp³-hybridized carbons (Fsp3) is 0.900. The summed E-state index contributed by atoms with van der Waals surface area (Å²) in [6.45, 7) is 1.69. The minimum Gasteiger partial charge on any atom is -0.330 e. The third kappa shape index (κ3) is 3.33. The van der Waals surface area contributed by atoms with Crippen LogP contribution < -0.4 is 11.1 Å². The van der Waals surface area contributed by atoms with Crippen LogP contribution in [0.3, 0.4) is 0 Å². The van der Waals surface area contributed by atoms with Crippen LogP contribution in [-0.2, 0) is 0 Å². The Labute approximate surface area is 80.3 Å². The van der Waals surface area contributed by atoms with E-state index in [9.17, 15) is 0 Å². The highest BCUT2D eigenvalue weighted by Gasteiger charge is 2.23. The molecule has 0 heterocycles. The van der Waals surface area contributed by atoms with Gasteiger partial charge in [0, 0.05) is 6.04 Å². The zero-order chi connectivity index (χ0) is 9.52. The molecule has 3 N–H and O–H groups in total. The summed E-state index contributed by atoms with van der Waals surface area (Å²) in [4.78, 5) is 0. The first kappa shape index (κ1) is 10.5. The summed E-state index contributed by atoms with van der Waals surface area (Å²) in [7, 11) is 0. The SMILES string of the molecule is N#CC1CCCCC1NCCCN. The first-order chi connectivity index (χ1) is 6.38. The molecule has 0 aromatic heterocycles. The van der Waals surface area contributed by atoms with Crippen LogP contribution in [0.5, 0.6) is 0 Å². The molecule has 3 heteroatoms. The van der Waals surface area contributed by atoms with Crippen molar-refractivity contribution in [2.75, 3.05) is 13.1 Å². The molecule has 1 aliphatic rings. The molecule has 2 atom stereocenters. The van der Waals surface area contributed by atoms with Gasteiger partial charge in [0.1, 0.15) is 0 Å². The Bertz CT molecular complexity index is 173. The van der Waals surface area contributed by atoms with Gasteiger partial charge < -0.3 is 11.1 Å². The van der Waals surface area contributed by atoms with Crippen LogP contribution >= 0.6 is 0 Å². The summed E-state index contributed by atoms with van der Waals surface area (Å²) in [6.07, 6.45) is 5.71. The highest BCUT2D eigenvalue weighted by atomic mass is 14.9. The number of rotatable bonds is 4. The molecule has 1 aliphatic carbocycles. The van der Waals surface area contributed by atoms with Gasteiger partial charge >= 0.3 is 0 Å². The molecule has 1 fully saturated rings. The van der Waals surface area contributed by atoms with E-state index in [0.29, 0.717) is 6.04 Å². The van der Waals surface area contributed by atoms with Crippen LogP contribution in [0.25, 0.3) is 0 Å². The number of hydrogen-bond acceptors (Lipinski definition) is 3. The lowest BCUT2D eigenvalue weighted by atomic mass is 9.85. The number of nitrogens with zero attached hydrogens (tertiary/aromatic N) is 1. The van der Waals surface area contributed by atoms with Crippen LogP contribution in [0, 0.1) is 17.2 Å². The van der Waals surface area contributed by atoms with E-state index in [1.54, 1.807) is 0 Å². The molecule has 1 saturated carbocycles. The number of nitrogens with two attached hydrogens (primary N) is 1. The molecule has 1 rings (SSSR count). The molecule has 3 nitrogen and oxygen atoms in total. The Balaban J connectivity index is 2.24. The summed E-state index contributed by atoms with van der Waals surface area (Å²) in [5, 5.41) is 12.3. The molecular weight excluding hydrogens is 162 g/mol. The van der Waals surface area contributed by atoms with Gasteiger partial charge in [0.15, 0.2) is 0 Å². The molecule has 0 spiro atoms. The Kier molecular flexibility index (Phi) is 4.81. The summed E-state index contributed by atoms with van der Waals surface area (Å²) in [6, 6.07) is 2.81. The van der Waals surface area contributed by atoms with Gasteiger partial charge in [-0.15, -0.1) is 0 Å². The van der Waals surface area contributed by atoms with Crippen molar-refractivity contribution in [3.63, 3.8) is 0 Å². The lowest BCUT2D eigenvalue weighted by molar-refractivity contribution is 0.312. The van der Waals surface area contributed by atoms with E-state index in [2.05, 4.69) is 11.4 Å². The molecule has 0 saturated heterocycles. The number of hydrogen-bond donors (Lipinski definition) is 2. The summed E-state index contributed by atoms with van der Waals surface area (Å²) in [5.74, 6) is 0.228. The fourth-order valence-electron chi connectivity index (χ4n) is 1.92. The smallest absolute Gasteiger partial charge is 0.0672 e. The minimum atomic E-state index is 0.228. The Morgan fingerprint density at radius 1 is 1.38 bits per heavy atom.